The summed E-state index contributed by atoms with van der Waals surface area (Å²) in [4.78, 5) is 5.06. The monoisotopic (exact) mass is 465 g/mol. The van der Waals surface area contributed by atoms with Crippen molar-refractivity contribution in [3.8, 4) is 11.1 Å². The summed E-state index contributed by atoms with van der Waals surface area (Å²) in [6, 6.07) is 11.5. The molecule has 2 aliphatic rings. The Hall–Kier alpha value is -2.66. The van der Waals surface area contributed by atoms with E-state index in [1.54, 1.807) is 12.1 Å². The summed E-state index contributed by atoms with van der Waals surface area (Å²) < 4.78 is 43.9. The highest BCUT2D eigenvalue weighted by molar-refractivity contribution is 5.75. The van der Waals surface area contributed by atoms with Crippen molar-refractivity contribution in [3.05, 3.63) is 88.2 Å². The zero-order valence-electron chi connectivity index (χ0n) is 19.6. The van der Waals surface area contributed by atoms with Gasteiger partial charge in [-0.3, -0.25) is 4.98 Å². The summed E-state index contributed by atoms with van der Waals surface area (Å²) in [5.41, 5.74) is 4.10. The van der Waals surface area contributed by atoms with Crippen LogP contribution in [0.25, 0.3) is 11.1 Å². The van der Waals surface area contributed by atoms with E-state index in [0.29, 0.717) is 40.7 Å². The maximum atomic E-state index is 16.5. The fourth-order valence-corrected chi connectivity index (χ4v) is 5.82. The van der Waals surface area contributed by atoms with Crippen molar-refractivity contribution in [2.24, 2.45) is 5.41 Å². The Kier molecular flexibility index (Phi) is 6.01. The first-order valence-electron chi connectivity index (χ1n) is 12.1. The maximum absolute atomic E-state index is 16.5. The third kappa shape index (κ3) is 4.26. The molecule has 0 radical (unpaired) electrons. The van der Waals surface area contributed by atoms with Gasteiger partial charge in [0.25, 0.3) is 0 Å². The van der Waals surface area contributed by atoms with Gasteiger partial charge in [0.05, 0.1) is 11.8 Å². The molecule has 1 fully saturated rings. The molecule has 2 aromatic carbocycles. The van der Waals surface area contributed by atoms with Crippen LogP contribution < -0.4 is 0 Å². The van der Waals surface area contributed by atoms with E-state index < -0.39 is 18.1 Å². The zero-order chi connectivity index (χ0) is 24.0. The lowest BCUT2D eigenvalue weighted by molar-refractivity contribution is 0.0983. The van der Waals surface area contributed by atoms with Crippen LogP contribution in [0, 0.1) is 17.0 Å². The number of pyridine rings is 1. The van der Waals surface area contributed by atoms with Crippen molar-refractivity contribution >= 4 is 0 Å². The summed E-state index contributed by atoms with van der Waals surface area (Å²) in [6.07, 6.45) is 2.87. The van der Waals surface area contributed by atoms with Crippen molar-refractivity contribution in [1.29, 1.82) is 0 Å². The van der Waals surface area contributed by atoms with Crippen LogP contribution in [0.15, 0.2) is 48.5 Å². The summed E-state index contributed by atoms with van der Waals surface area (Å²) in [5, 5.41) is 11.3. The average Bonchev–Trinajstić information content (AvgIpc) is 3.32. The van der Waals surface area contributed by atoms with Gasteiger partial charge in [-0.2, -0.15) is 0 Å². The smallest absolute Gasteiger partial charge is 0.153 e. The average molecular weight is 466 g/mol. The number of halogens is 3. The van der Waals surface area contributed by atoms with E-state index in [1.807, 2.05) is 0 Å². The maximum Gasteiger partial charge on any atom is 0.153 e. The molecule has 5 rings (SSSR count). The van der Waals surface area contributed by atoms with Gasteiger partial charge >= 0.3 is 0 Å². The molecule has 2 unspecified atom stereocenters. The fraction of sp³-hybridized carbons (Fsp3) is 0.414. The Labute approximate surface area is 198 Å². The third-order valence-electron chi connectivity index (χ3n) is 7.40. The van der Waals surface area contributed by atoms with Gasteiger partial charge in [-0.1, -0.05) is 51.0 Å². The number of alkyl halides is 1. The van der Waals surface area contributed by atoms with Gasteiger partial charge < -0.3 is 5.11 Å². The second kappa shape index (κ2) is 8.84. The molecule has 1 heterocycles. The predicted molar refractivity (Wildman–Crippen MR) is 127 cm³/mol. The van der Waals surface area contributed by atoms with Crippen LogP contribution in [0.5, 0.6) is 0 Å². The summed E-state index contributed by atoms with van der Waals surface area (Å²) in [5.74, 6) is -0.673. The molecule has 0 amide bonds. The number of hydrogen-bond acceptors (Lipinski definition) is 2. The van der Waals surface area contributed by atoms with E-state index >= 15 is 4.39 Å². The minimum Gasteiger partial charge on any atom is -0.388 e. The first-order chi connectivity index (χ1) is 16.2. The molecule has 3 aromatic rings. The number of benzene rings is 2. The minimum absolute atomic E-state index is 0.125. The van der Waals surface area contributed by atoms with Crippen LogP contribution in [0.1, 0.15) is 92.2 Å². The van der Waals surface area contributed by atoms with E-state index in [9.17, 15) is 13.9 Å². The molecular formula is C29H30F3NO. The van der Waals surface area contributed by atoms with Gasteiger partial charge in [0.1, 0.15) is 11.6 Å². The molecular weight excluding hydrogens is 435 g/mol. The van der Waals surface area contributed by atoms with Crippen molar-refractivity contribution < 1.29 is 18.3 Å². The van der Waals surface area contributed by atoms with E-state index in [-0.39, 0.29) is 17.2 Å². The minimum atomic E-state index is -1.55. The highest BCUT2D eigenvalue weighted by Gasteiger charge is 2.39. The quantitative estimate of drug-likeness (QED) is 0.427. The highest BCUT2D eigenvalue weighted by atomic mass is 19.1. The summed E-state index contributed by atoms with van der Waals surface area (Å²) in [7, 11) is 0. The number of hydrogen-bond donors (Lipinski definition) is 1. The van der Waals surface area contributed by atoms with Crippen molar-refractivity contribution in [2.75, 3.05) is 0 Å². The summed E-state index contributed by atoms with van der Waals surface area (Å²) >= 11 is 0. The molecule has 5 heteroatoms. The predicted octanol–water partition coefficient (Wildman–Crippen LogP) is 7.75. The van der Waals surface area contributed by atoms with Crippen LogP contribution in [0.4, 0.5) is 13.2 Å². The Morgan fingerprint density at radius 3 is 2.15 bits per heavy atom. The van der Waals surface area contributed by atoms with Crippen LogP contribution in [-0.2, 0) is 6.42 Å². The van der Waals surface area contributed by atoms with Gasteiger partial charge in [-0.25, -0.2) is 13.2 Å². The second-order valence-corrected chi connectivity index (χ2v) is 10.6. The van der Waals surface area contributed by atoms with Gasteiger partial charge in [-0.15, -0.1) is 0 Å². The molecule has 1 aromatic heterocycles. The number of aromatic nitrogens is 1. The van der Waals surface area contributed by atoms with Gasteiger partial charge in [0.2, 0.25) is 0 Å². The number of nitrogens with zero attached hydrogens (tertiary/aromatic N) is 1. The lowest BCUT2D eigenvalue weighted by Gasteiger charge is -2.37. The third-order valence-corrected chi connectivity index (χ3v) is 7.40. The number of aliphatic hydroxyl groups is 1. The van der Waals surface area contributed by atoms with E-state index in [1.165, 1.54) is 36.4 Å². The lowest BCUT2D eigenvalue weighted by Crippen LogP contribution is -2.29. The van der Waals surface area contributed by atoms with Gasteiger partial charge in [0, 0.05) is 22.7 Å². The molecule has 34 heavy (non-hydrogen) atoms. The molecule has 0 aliphatic heterocycles. The first kappa shape index (κ1) is 23.1. The molecule has 0 spiro atoms. The van der Waals surface area contributed by atoms with E-state index in [4.69, 9.17) is 4.98 Å². The molecule has 2 nitrogen and oxygen atoms in total. The van der Waals surface area contributed by atoms with Gasteiger partial charge in [0.15, 0.2) is 6.17 Å². The highest BCUT2D eigenvalue weighted by Crippen LogP contribution is 2.50. The Morgan fingerprint density at radius 2 is 1.53 bits per heavy atom. The lowest BCUT2D eigenvalue weighted by atomic mass is 9.71. The van der Waals surface area contributed by atoms with Crippen LogP contribution in [0.3, 0.4) is 0 Å². The van der Waals surface area contributed by atoms with Crippen molar-refractivity contribution in [2.45, 2.75) is 70.6 Å². The topological polar surface area (TPSA) is 33.1 Å². The number of fused-ring (bicyclic) bond motifs is 1. The number of rotatable bonds is 4. The molecule has 2 aliphatic carbocycles. The molecule has 178 valence electrons. The normalized spacial score (nSPS) is 20.8. The second-order valence-electron chi connectivity index (χ2n) is 10.6. The first-order valence-corrected chi connectivity index (χ1v) is 12.1. The van der Waals surface area contributed by atoms with Gasteiger partial charge in [-0.05, 0) is 72.1 Å². The van der Waals surface area contributed by atoms with Crippen LogP contribution >= 0.6 is 0 Å². The summed E-state index contributed by atoms with van der Waals surface area (Å²) in [6.45, 7) is 4.22. The number of aliphatic hydroxyl groups excluding tert-OH is 1. The molecule has 2 atom stereocenters. The SMILES string of the molecule is CC1(C)Cc2nc(C3CCCC3)c(C(F)c3ccc(F)cc3)c(-c3ccc(F)cc3)c2C(O)C1. The van der Waals surface area contributed by atoms with Crippen LogP contribution in [0.2, 0.25) is 0 Å². The van der Waals surface area contributed by atoms with E-state index in [2.05, 4.69) is 13.8 Å². The Morgan fingerprint density at radius 1 is 0.941 bits per heavy atom. The molecule has 1 saturated carbocycles. The van der Waals surface area contributed by atoms with Crippen molar-refractivity contribution in [3.63, 3.8) is 0 Å². The Bertz CT molecular complexity index is 1180. The largest absolute Gasteiger partial charge is 0.388 e. The molecule has 1 N–H and O–H groups in total. The van der Waals surface area contributed by atoms with E-state index in [0.717, 1.165) is 37.1 Å². The zero-order valence-corrected chi connectivity index (χ0v) is 19.6. The fourth-order valence-electron chi connectivity index (χ4n) is 5.82. The molecule has 0 bridgehead atoms. The van der Waals surface area contributed by atoms with Crippen molar-refractivity contribution in [1.82, 2.24) is 4.98 Å². The molecule has 0 saturated heterocycles. The van der Waals surface area contributed by atoms with Crippen LogP contribution in [-0.4, -0.2) is 10.1 Å². The Balaban J connectivity index is 1.82. The standard InChI is InChI=1S/C29H30F3NO/c1-29(2)15-22-25(23(34)16-29)24(17-7-11-20(30)12-8-17)26(28(33-22)19-5-3-4-6-19)27(32)18-9-13-21(31)14-10-18/h7-14,19,23,27,34H,3-6,15-16H2,1-2H3.